The Bertz CT molecular complexity index is 1200. The molecule has 0 unspecified atom stereocenters. The van der Waals surface area contributed by atoms with E-state index in [2.05, 4.69) is 0 Å². The van der Waals surface area contributed by atoms with E-state index < -0.39 is 10.0 Å². The van der Waals surface area contributed by atoms with Crippen molar-refractivity contribution in [2.24, 2.45) is 0 Å². The van der Waals surface area contributed by atoms with E-state index in [4.69, 9.17) is 23.2 Å². The number of carbonyl (C=O) groups excluding carboxylic acids is 1. The van der Waals surface area contributed by atoms with Crippen LogP contribution in [0.25, 0.3) is 0 Å². The summed E-state index contributed by atoms with van der Waals surface area (Å²) in [5.74, 6) is 0. The molecule has 3 aromatic rings. The quantitative estimate of drug-likeness (QED) is 0.442. The Kier molecular flexibility index (Phi) is 7.79. The number of hydrogen-bond acceptors (Lipinski definition) is 4. The molecule has 6 nitrogen and oxygen atoms in total. The number of amides is 1. The van der Waals surface area contributed by atoms with Gasteiger partial charge in [-0.25, -0.2) is 8.42 Å². The Labute approximate surface area is 197 Å². The van der Waals surface area contributed by atoms with Gasteiger partial charge in [0.2, 0.25) is 16.4 Å². The molecule has 3 rings (SSSR count). The lowest BCUT2D eigenvalue weighted by molar-refractivity contribution is -0.107. The Morgan fingerprint density at radius 3 is 2.03 bits per heavy atom. The van der Waals surface area contributed by atoms with Crippen molar-refractivity contribution in [3.8, 4) is 0 Å². The molecule has 9 heteroatoms. The molecule has 0 atom stereocenters. The van der Waals surface area contributed by atoms with E-state index in [1.807, 2.05) is 18.2 Å². The molecule has 32 heavy (non-hydrogen) atoms. The highest BCUT2D eigenvalue weighted by atomic mass is 35.5. The van der Waals surface area contributed by atoms with Gasteiger partial charge in [-0.15, -0.1) is 0 Å². The third kappa shape index (κ3) is 5.61. The highest BCUT2D eigenvalue weighted by Gasteiger charge is 2.20. The van der Waals surface area contributed by atoms with Crippen LogP contribution in [0.3, 0.4) is 0 Å². The van der Waals surface area contributed by atoms with Gasteiger partial charge in [0, 0.05) is 5.69 Å². The Balaban J connectivity index is 1.88. The van der Waals surface area contributed by atoms with Gasteiger partial charge >= 0.3 is 0 Å². The molecule has 0 spiro atoms. The minimum absolute atomic E-state index is 0.0127. The highest BCUT2D eigenvalue weighted by Crippen LogP contribution is 2.30. The molecule has 0 aliphatic carbocycles. The van der Waals surface area contributed by atoms with Crippen LogP contribution in [0.4, 0.5) is 11.4 Å². The molecule has 0 fully saturated rings. The van der Waals surface area contributed by atoms with E-state index in [0.717, 1.165) is 17.4 Å². The zero-order valence-corrected chi connectivity index (χ0v) is 19.6. The van der Waals surface area contributed by atoms with Crippen molar-refractivity contribution in [1.82, 2.24) is 0 Å². The maximum absolute atomic E-state index is 12.5. The van der Waals surface area contributed by atoms with Crippen molar-refractivity contribution in [3.05, 3.63) is 93.5 Å². The number of sulfonamides is 1. The zero-order valence-electron chi connectivity index (χ0n) is 17.3. The minimum atomic E-state index is -3.62. The van der Waals surface area contributed by atoms with Gasteiger partial charge < -0.3 is 10.0 Å². The van der Waals surface area contributed by atoms with Crippen molar-refractivity contribution in [3.63, 3.8) is 0 Å². The van der Waals surface area contributed by atoms with E-state index in [-0.39, 0.29) is 19.7 Å². The SMILES string of the molecule is CS(=O)(=O)N(Cc1cccc(Cl)c1Cl)c1ccc(N(C=O)Cc2ccccc2CO)cc1. The van der Waals surface area contributed by atoms with Gasteiger partial charge in [0.25, 0.3) is 0 Å². The predicted molar refractivity (Wildman–Crippen MR) is 129 cm³/mol. The average molecular weight is 493 g/mol. The summed E-state index contributed by atoms with van der Waals surface area (Å²) in [7, 11) is -3.62. The first kappa shape index (κ1) is 24.1. The van der Waals surface area contributed by atoms with Gasteiger partial charge in [-0.05, 0) is 47.0 Å². The lowest BCUT2D eigenvalue weighted by atomic mass is 10.1. The first-order valence-electron chi connectivity index (χ1n) is 9.65. The van der Waals surface area contributed by atoms with Crippen LogP contribution in [0, 0.1) is 0 Å². The number of benzene rings is 3. The van der Waals surface area contributed by atoms with Crippen molar-refractivity contribution in [1.29, 1.82) is 0 Å². The number of anilines is 2. The molecule has 0 aromatic heterocycles. The summed E-state index contributed by atoms with van der Waals surface area (Å²) in [5.41, 5.74) is 3.14. The van der Waals surface area contributed by atoms with Crippen LogP contribution in [-0.4, -0.2) is 26.2 Å². The van der Waals surface area contributed by atoms with Crippen LogP contribution in [0.5, 0.6) is 0 Å². The summed E-state index contributed by atoms with van der Waals surface area (Å²) in [6.07, 6.45) is 1.81. The van der Waals surface area contributed by atoms with E-state index in [0.29, 0.717) is 33.4 Å². The topological polar surface area (TPSA) is 77.9 Å². The van der Waals surface area contributed by atoms with Crippen LogP contribution < -0.4 is 9.21 Å². The Morgan fingerprint density at radius 1 is 0.844 bits per heavy atom. The second-order valence-corrected chi connectivity index (χ2v) is 9.85. The summed E-state index contributed by atoms with van der Waals surface area (Å²) in [4.78, 5) is 13.2. The number of carbonyl (C=O) groups is 1. The van der Waals surface area contributed by atoms with Crippen molar-refractivity contribution >= 4 is 51.0 Å². The van der Waals surface area contributed by atoms with E-state index >= 15 is 0 Å². The van der Waals surface area contributed by atoms with E-state index in [1.165, 1.54) is 9.21 Å². The minimum Gasteiger partial charge on any atom is -0.392 e. The fourth-order valence-corrected chi connectivity index (χ4v) is 4.53. The molecule has 0 saturated carbocycles. The van der Waals surface area contributed by atoms with Crippen molar-refractivity contribution in [2.45, 2.75) is 19.7 Å². The summed E-state index contributed by atoms with van der Waals surface area (Å²) in [6, 6.07) is 19.0. The smallest absolute Gasteiger partial charge is 0.232 e. The van der Waals surface area contributed by atoms with Crippen LogP contribution >= 0.6 is 23.2 Å². The van der Waals surface area contributed by atoms with Crippen molar-refractivity contribution < 1.29 is 18.3 Å². The molecule has 168 valence electrons. The summed E-state index contributed by atoms with van der Waals surface area (Å²) in [5, 5.41) is 10.2. The van der Waals surface area contributed by atoms with E-state index in [1.54, 1.807) is 48.5 Å². The fourth-order valence-electron chi connectivity index (χ4n) is 3.27. The first-order chi connectivity index (χ1) is 15.2. The predicted octanol–water partition coefficient (Wildman–Crippen LogP) is 4.61. The second kappa shape index (κ2) is 10.4. The molecule has 0 aliphatic rings. The van der Waals surface area contributed by atoms with Gasteiger partial charge in [-0.2, -0.15) is 0 Å². The fraction of sp³-hybridized carbons (Fsp3) is 0.174. The Morgan fingerprint density at radius 2 is 1.44 bits per heavy atom. The second-order valence-electron chi connectivity index (χ2n) is 7.16. The normalized spacial score (nSPS) is 11.2. The molecular formula is C23H22Cl2N2O4S. The molecule has 0 heterocycles. The van der Waals surface area contributed by atoms with Crippen LogP contribution in [0.1, 0.15) is 16.7 Å². The van der Waals surface area contributed by atoms with Crippen LogP contribution in [0.2, 0.25) is 10.0 Å². The largest absolute Gasteiger partial charge is 0.392 e. The zero-order chi connectivity index (χ0) is 23.3. The van der Waals surface area contributed by atoms with Crippen molar-refractivity contribution in [2.75, 3.05) is 15.5 Å². The highest BCUT2D eigenvalue weighted by molar-refractivity contribution is 7.92. The molecule has 1 N–H and O–H groups in total. The number of aliphatic hydroxyl groups is 1. The molecule has 0 bridgehead atoms. The van der Waals surface area contributed by atoms with Gasteiger partial charge in [-0.3, -0.25) is 9.10 Å². The van der Waals surface area contributed by atoms with Crippen LogP contribution in [-0.2, 0) is 34.5 Å². The summed E-state index contributed by atoms with van der Waals surface area (Å²) in [6.45, 7) is 0.156. The first-order valence-corrected chi connectivity index (χ1v) is 12.2. The van der Waals surface area contributed by atoms with Gasteiger partial charge in [0.1, 0.15) is 0 Å². The number of aliphatic hydroxyl groups excluding tert-OH is 1. The lowest BCUT2D eigenvalue weighted by Crippen LogP contribution is -2.29. The molecule has 0 saturated heterocycles. The molecule has 3 aromatic carbocycles. The van der Waals surface area contributed by atoms with Gasteiger partial charge in [0.15, 0.2) is 0 Å². The number of rotatable bonds is 9. The monoisotopic (exact) mass is 492 g/mol. The molecule has 0 radical (unpaired) electrons. The molecular weight excluding hydrogens is 471 g/mol. The summed E-state index contributed by atoms with van der Waals surface area (Å²) >= 11 is 12.3. The van der Waals surface area contributed by atoms with Gasteiger partial charge in [0.05, 0.1) is 41.7 Å². The van der Waals surface area contributed by atoms with Crippen LogP contribution in [0.15, 0.2) is 66.7 Å². The van der Waals surface area contributed by atoms with E-state index in [9.17, 15) is 18.3 Å². The number of nitrogens with zero attached hydrogens (tertiary/aromatic N) is 2. The van der Waals surface area contributed by atoms with Gasteiger partial charge in [-0.1, -0.05) is 59.6 Å². The standard InChI is InChI=1S/C23H22Cl2N2O4S/c1-32(30,31)27(14-18-7-4-8-22(24)23(18)25)21-11-9-20(10-12-21)26(16-29)13-17-5-2-3-6-19(17)15-28/h2-12,16,28H,13-15H2,1H3. The molecule has 0 aliphatic heterocycles. The number of hydrogen-bond donors (Lipinski definition) is 1. The Hall–Kier alpha value is -2.58. The maximum Gasteiger partial charge on any atom is 0.232 e. The maximum atomic E-state index is 12.5. The summed E-state index contributed by atoms with van der Waals surface area (Å²) < 4.78 is 26.2. The third-order valence-electron chi connectivity index (χ3n) is 4.97. The number of halogens is 2. The molecule has 1 amide bonds. The third-order valence-corrected chi connectivity index (χ3v) is 6.97. The average Bonchev–Trinajstić information content (AvgIpc) is 2.78. The lowest BCUT2D eigenvalue weighted by Gasteiger charge is -2.24.